The number of halogens is 1. The van der Waals surface area contributed by atoms with Crippen molar-refractivity contribution in [1.82, 2.24) is 10.3 Å². The monoisotopic (exact) mass is 409 g/mol. The van der Waals surface area contributed by atoms with Crippen LogP contribution in [0.1, 0.15) is 17.5 Å². The first-order valence-electron chi connectivity index (χ1n) is 9.94. The SMILES string of the molecule is COc1ccc(C)cc1N1CC(C(=O)NCCc2c[nH]c3cc(F)ccc23)CC1=O. The van der Waals surface area contributed by atoms with E-state index < -0.39 is 5.92 Å². The molecule has 4 rings (SSSR count). The third-order valence-electron chi connectivity index (χ3n) is 5.54. The summed E-state index contributed by atoms with van der Waals surface area (Å²) >= 11 is 0. The van der Waals surface area contributed by atoms with Crippen LogP contribution in [0.15, 0.2) is 42.6 Å². The number of hydrogen-bond acceptors (Lipinski definition) is 3. The van der Waals surface area contributed by atoms with Crippen molar-refractivity contribution in [3.05, 3.63) is 59.5 Å². The lowest BCUT2D eigenvalue weighted by atomic mass is 10.1. The minimum Gasteiger partial charge on any atom is -0.495 e. The average molecular weight is 409 g/mol. The number of rotatable bonds is 6. The van der Waals surface area contributed by atoms with Crippen molar-refractivity contribution in [2.24, 2.45) is 5.92 Å². The fourth-order valence-corrected chi connectivity index (χ4v) is 3.96. The molecule has 2 amide bonds. The Labute approximate surface area is 174 Å². The highest BCUT2D eigenvalue weighted by Gasteiger charge is 2.36. The van der Waals surface area contributed by atoms with E-state index in [1.807, 2.05) is 31.3 Å². The second-order valence-electron chi connectivity index (χ2n) is 7.63. The third-order valence-corrected chi connectivity index (χ3v) is 5.54. The molecule has 0 saturated carbocycles. The molecule has 1 aliphatic rings. The van der Waals surface area contributed by atoms with Crippen LogP contribution in [0.25, 0.3) is 10.9 Å². The first-order valence-corrected chi connectivity index (χ1v) is 9.94. The molecule has 1 saturated heterocycles. The van der Waals surface area contributed by atoms with Gasteiger partial charge in [0.25, 0.3) is 0 Å². The third kappa shape index (κ3) is 3.87. The van der Waals surface area contributed by atoms with Gasteiger partial charge >= 0.3 is 0 Å². The molecule has 2 aromatic carbocycles. The van der Waals surface area contributed by atoms with Crippen LogP contribution >= 0.6 is 0 Å². The highest BCUT2D eigenvalue weighted by atomic mass is 19.1. The summed E-state index contributed by atoms with van der Waals surface area (Å²) in [5, 5.41) is 3.88. The molecule has 0 radical (unpaired) electrons. The summed E-state index contributed by atoms with van der Waals surface area (Å²) in [5.74, 6) is -0.295. The molecule has 0 spiro atoms. The van der Waals surface area contributed by atoms with E-state index >= 15 is 0 Å². The number of benzene rings is 2. The summed E-state index contributed by atoms with van der Waals surface area (Å²) in [6.45, 7) is 2.73. The molecule has 3 aromatic rings. The molecule has 1 fully saturated rings. The van der Waals surface area contributed by atoms with Gasteiger partial charge in [-0.3, -0.25) is 9.59 Å². The van der Waals surface area contributed by atoms with E-state index in [0.29, 0.717) is 30.9 Å². The number of ether oxygens (including phenoxy) is 1. The van der Waals surface area contributed by atoms with Crippen LogP contribution in [0.3, 0.4) is 0 Å². The number of methoxy groups -OCH3 is 1. The largest absolute Gasteiger partial charge is 0.495 e. The quantitative estimate of drug-likeness (QED) is 0.656. The van der Waals surface area contributed by atoms with Crippen molar-refractivity contribution in [2.45, 2.75) is 19.8 Å². The zero-order valence-corrected chi connectivity index (χ0v) is 17.0. The molecule has 156 valence electrons. The average Bonchev–Trinajstić information content (AvgIpc) is 3.31. The number of aromatic amines is 1. The van der Waals surface area contributed by atoms with E-state index in [2.05, 4.69) is 10.3 Å². The second kappa shape index (κ2) is 8.18. The summed E-state index contributed by atoms with van der Waals surface area (Å²) in [5.41, 5.74) is 3.47. The molecular weight excluding hydrogens is 385 g/mol. The standard InChI is InChI=1S/C23H24FN3O3/c1-14-3-6-21(30-2)20(9-14)27-13-16(10-22(27)28)23(29)25-8-7-15-12-26-19-11-17(24)4-5-18(15)19/h3-6,9,11-12,16,26H,7-8,10,13H2,1-2H3,(H,25,29). The molecule has 1 atom stereocenters. The maximum absolute atomic E-state index is 13.3. The Balaban J connectivity index is 1.37. The molecule has 1 aliphatic heterocycles. The molecule has 6 nitrogen and oxygen atoms in total. The highest BCUT2D eigenvalue weighted by Crippen LogP contribution is 2.34. The number of nitrogens with one attached hydrogen (secondary N) is 2. The molecule has 1 unspecified atom stereocenters. The number of anilines is 1. The normalized spacial score (nSPS) is 16.3. The Morgan fingerprint density at radius 2 is 2.13 bits per heavy atom. The van der Waals surface area contributed by atoms with Crippen LogP contribution in [-0.4, -0.2) is 37.0 Å². The van der Waals surface area contributed by atoms with Crippen LogP contribution in [0, 0.1) is 18.7 Å². The number of carbonyl (C=O) groups is 2. The highest BCUT2D eigenvalue weighted by molar-refractivity contribution is 6.01. The van der Waals surface area contributed by atoms with Crippen molar-refractivity contribution < 1.29 is 18.7 Å². The fourth-order valence-electron chi connectivity index (χ4n) is 3.96. The van der Waals surface area contributed by atoms with Gasteiger partial charge < -0.3 is 19.9 Å². The van der Waals surface area contributed by atoms with Crippen molar-refractivity contribution in [2.75, 3.05) is 25.1 Å². The Kier molecular flexibility index (Phi) is 5.44. The van der Waals surface area contributed by atoms with Gasteiger partial charge in [-0.15, -0.1) is 0 Å². The topological polar surface area (TPSA) is 74.4 Å². The molecule has 2 heterocycles. The summed E-state index contributed by atoms with van der Waals surface area (Å²) in [4.78, 5) is 29.9. The molecule has 1 aromatic heterocycles. The van der Waals surface area contributed by atoms with E-state index in [1.165, 1.54) is 12.1 Å². The van der Waals surface area contributed by atoms with Crippen LogP contribution in [-0.2, 0) is 16.0 Å². The number of fused-ring (bicyclic) bond motifs is 1. The Morgan fingerprint density at radius 3 is 2.93 bits per heavy atom. The van der Waals surface area contributed by atoms with E-state index in [-0.39, 0.29) is 24.1 Å². The predicted molar refractivity (Wildman–Crippen MR) is 113 cm³/mol. The Morgan fingerprint density at radius 1 is 1.30 bits per heavy atom. The van der Waals surface area contributed by atoms with Crippen LogP contribution in [0.5, 0.6) is 5.75 Å². The number of amides is 2. The first-order chi connectivity index (χ1) is 14.5. The summed E-state index contributed by atoms with van der Waals surface area (Å²) < 4.78 is 18.7. The second-order valence-corrected chi connectivity index (χ2v) is 7.63. The van der Waals surface area contributed by atoms with Gasteiger partial charge in [-0.1, -0.05) is 6.07 Å². The number of H-pyrrole nitrogens is 1. The lowest BCUT2D eigenvalue weighted by Crippen LogP contribution is -2.34. The number of aryl methyl sites for hydroxylation is 1. The maximum Gasteiger partial charge on any atom is 0.227 e. The fraction of sp³-hybridized carbons (Fsp3) is 0.304. The first kappa shape index (κ1) is 19.9. The van der Waals surface area contributed by atoms with Crippen molar-refractivity contribution in [3.8, 4) is 5.75 Å². The Bertz CT molecular complexity index is 1110. The van der Waals surface area contributed by atoms with E-state index in [0.717, 1.165) is 22.0 Å². The Hall–Kier alpha value is -3.35. The number of aromatic nitrogens is 1. The number of carbonyl (C=O) groups excluding carboxylic acids is 2. The molecular formula is C23H24FN3O3. The lowest BCUT2D eigenvalue weighted by Gasteiger charge is -2.20. The van der Waals surface area contributed by atoms with Crippen molar-refractivity contribution in [3.63, 3.8) is 0 Å². The van der Waals surface area contributed by atoms with E-state index in [9.17, 15) is 14.0 Å². The summed E-state index contributed by atoms with van der Waals surface area (Å²) in [6.07, 6.45) is 2.63. The lowest BCUT2D eigenvalue weighted by molar-refractivity contribution is -0.126. The molecule has 2 N–H and O–H groups in total. The van der Waals surface area contributed by atoms with Gasteiger partial charge in [0.1, 0.15) is 11.6 Å². The summed E-state index contributed by atoms with van der Waals surface area (Å²) in [6, 6.07) is 10.3. The van der Waals surface area contributed by atoms with Gasteiger partial charge in [-0.05, 0) is 54.8 Å². The maximum atomic E-state index is 13.3. The zero-order chi connectivity index (χ0) is 21.3. The number of hydrogen-bond donors (Lipinski definition) is 2. The minimum atomic E-state index is -0.403. The van der Waals surface area contributed by atoms with Gasteiger partial charge in [0.2, 0.25) is 11.8 Å². The van der Waals surface area contributed by atoms with Crippen molar-refractivity contribution in [1.29, 1.82) is 0 Å². The molecule has 30 heavy (non-hydrogen) atoms. The predicted octanol–water partition coefficient (Wildman–Crippen LogP) is 3.34. The molecule has 0 bridgehead atoms. The van der Waals surface area contributed by atoms with Gasteiger partial charge in [-0.2, -0.15) is 0 Å². The minimum absolute atomic E-state index is 0.0855. The van der Waals surface area contributed by atoms with E-state index in [1.54, 1.807) is 18.1 Å². The van der Waals surface area contributed by atoms with Gasteiger partial charge in [0.05, 0.1) is 18.7 Å². The van der Waals surface area contributed by atoms with Gasteiger partial charge in [0, 0.05) is 36.6 Å². The van der Waals surface area contributed by atoms with Crippen LogP contribution < -0.4 is 15.0 Å². The number of nitrogens with zero attached hydrogens (tertiary/aromatic N) is 1. The van der Waals surface area contributed by atoms with Gasteiger partial charge in [-0.25, -0.2) is 4.39 Å². The van der Waals surface area contributed by atoms with E-state index in [4.69, 9.17) is 4.74 Å². The van der Waals surface area contributed by atoms with Gasteiger partial charge in [0.15, 0.2) is 0 Å². The zero-order valence-electron chi connectivity index (χ0n) is 17.0. The van der Waals surface area contributed by atoms with Crippen molar-refractivity contribution >= 4 is 28.4 Å². The van der Waals surface area contributed by atoms with Crippen LogP contribution in [0.4, 0.5) is 10.1 Å². The van der Waals surface area contributed by atoms with Crippen LogP contribution in [0.2, 0.25) is 0 Å². The smallest absolute Gasteiger partial charge is 0.227 e. The summed E-state index contributed by atoms with van der Waals surface area (Å²) in [7, 11) is 1.57. The molecule has 7 heteroatoms. The molecule has 0 aliphatic carbocycles.